The number of esters is 2. The Hall–Kier alpha value is -2.04. The van der Waals surface area contributed by atoms with Crippen molar-refractivity contribution in [2.75, 3.05) is 19.8 Å². The van der Waals surface area contributed by atoms with Gasteiger partial charge in [-0.3, -0.25) is 23.4 Å². The van der Waals surface area contributed by atoms with Crippen molar-refractivity contribution in [2.45, 2.75) is 206 Å². The normalized spacial score (nSPS) is 14.0. The van der Waals surface area contributed by atoms with Crippen LogP contribution in [-0.4, -0.2) is 59.9 Å². The standard InChI is InChI=1S/C42H78NO10P/c1-3-5-7-9-11-13-15-17-18-19-20-22-23-25-27-29-31-33-40(44)50-35-38(36-51-54(48,49)52-37-39(43)42(46)47)53-41(45)34-32-30-28-26-24-21-16-14-12-10-8-6-4-2/h13,15,21,24,38-39H,3-12,14,16-20,22-23,25-37,43H2,1-2H3,(H,46,47)(H,48,49)/b15-13+,24-21+/t38-,39+/m1/s1. The molecule has 12 heteroatoms. The highest BCUT2D eigenvalue weighted by atomic mass is 31.2. The second-order valence-corrected chi connectivity index (χ2v) is 15.9. The van der Waals surface area contributed by atoms with Gasteiger partial charge in [-0.05, 0) is 64.2 Å². The van der Waals surface area contributed by atoms with Crippen LogP contribution in [0.3, 0.4) is 0 Å². The molecular formula is C42H78NO10P. The number of carbonyl (C=O) groups is 3. The van der Waals surface area contributed by atoms with Crippen LogP contribution in [0.15, 0.2) is 24.3 Å². The average Bonchev–Trinajstić information content (AvgIpc) is 3.14. The zero-order valence-electron chi connectivity index (χ0n) is 34.1. The summed E-state index contributed by atoms with van der Waals surface area (Å²) in [5.41, 5.74) is 5.33. The molecule has 316 valence electrons. The number of unbranched alkanes of at least 4 members (excludes halogenated alkanes) is 22. The van der Waals surface area contributed by atoms with E-state index >= 15 is 0 Å². The number of ether oxygens (including phenoxy) is 2. The highest BCUT2D eigenvalue weighted by molar-refractivity contribution is 7.47. The summed E-state index contributed by atoms with van der Waals surface area (Å²) in [6, 6.07) is -1.52. The Morgan fingerprint density at radius 1 is 0.556 bits per heavy atom. The number of carboxylic acids is 1. The molecule has 0 aromatic heterocycles. The van der Waals surface area contributed by atoms with E-state index in [2.05, 4.69) is 42.7 Å². The Bertz CT molecular complexity index is 1020. The smallest absolute Gasteiger partial charge is 0.472 e. The van der Waals surface area contributed by atoms with Crippen LogP contribution in [0, 0.1) is 0 Å². The highest BCUT2D eigenvalue weighted by Crippen LogP contribution is 2.43. The first-order valence-corrected chi connectivity index (χ1v) is 22.9. The second-order valence-electron chi connectivity index (χ2n) is 14.5. The number of nitrogens with two attached hydrogens (primary N) is 1. The van der Waals surface area contributed by atoms with Crippen LogP contribution in [0.1, 0.15) is 194 Å². The Morgan fingerprint density at radius 2 is 0.926 bits per heavy atom. The maximum atomic E-state index is 12.6. The van der Waals surface area contributed by atoms with Gasteiger partial charge in [0.15, 0.2) is 6.10 Å². The first kappa shape index (κ1) is 52.0. The quantitative estimate of drug-likeness (QED) is 0.0233. The van der Waals surface area contributed by atoms with E-state index in [1.54, 1.807) is 0 Å². The molecule has 4 N–H and O–H groups in total. The van der Waals surface area contributed by atoms with Crippen LogP contribution >= 0.6 is 7.82 Å². The molecule has 11 nitrogen and oxygen atoms in total. The van der Waals surface area contributed by atoms with Crippen molar-refractivity contribution in [1.29, 1.82) is 0 Å². The molecule has 0 aliphatic rings. The number of allylic oxidation sites excluding steroid dienone is 4. The van der Waals surface area contributed by atoms with Crippen molar-refractivity contribution >= 4 is 25.7 Å². The van der Waals surface area contributed by atoms with Gasteiger partial charge in [-0.15, -0.1) is 0 Å². The molecule has 3 atom stereocenters. The number of hydrogen-bond donors (Lipinski definition) is 3. The van der Waals surface area contributed by atoms with E-state index in [9.17, 15) is 23.8 Å². The lowest BCUT2D eigenvalue weighted by Crippen LogP contribution is -2.34. The number of carboxylic acid groups (broad SMARTS) is 1. The molecule has 0 aromatic rings. The fourth-order valence-corrected chi connectivity index (χ4v) is 6.54. The zero-order valence-corrected chi connectivity index (χ0v) is 35.0. The van der Waals surface area contributed by atoms with E-state index in [0.29, 0.717) is 12.8 Å². The number of phosphoric acid groups is 1. The van der Waals surface area contributed by atoms with Gasteiger partial charge in [0.05, 0.1) is 13.2 Å². The molecule has 0 fully saturated rings. The number of phosphoric ester groups is 1. The van der Waals surface area contributed by atoms with Gasteiger partial charge in [-0.2, -0.15) is 0 Å². The van der Waals surface area contributed by atoms with Crippen LogP contribution in [0.25, 0.3) is 0 Å². The highest BCUT2D eigenvalue weighted by Gasteiger charge is 2.28. The van der Waals surface area contributed by atoms with Crippen LogP contribution in [-0.2, 0) is 37.5 Å². The molecule has 1 unspecified atom stereocenters. The molecule has 0 aliphatic heterocycles. The van der Waals surface area contributed by atoms with Crippen molar-refractivity contribution < 1.29 is 47.5 Å². The van der Waals surface area contributed by atoms with Crippen LogP contribution in [0.5, 0.6) is 0 Å². The lowest BCUT2D eigenvalue weighted by atomic mass is 10.1. The van der Waals surface area contributed by atoms with Crippen LogP contribution in [0.2, 0.25) is 0 Å². The van der Waals surface area contributed by atoms with E-state index in [-0.39, 0.29) is 19.4 Å². The molecule has 0 heterocycles. The maximum Gasteiger partial charge on any atom is 0.472 e. The van der Waals surface area contributed by atoms with Crippen molar-refractivity contribution in [3.63, 3.8) is 0 Å². The fraction of sp³-hybridized carbons (Fsp3) is 0.833. The Labute approximate surface area is 328 Å². The molecule has 54 heavy (non-hydrogen) atoms. The molecule has 0 saturated heterocycles. The number of aliphatic carboxylic acids is 1. The second kappa shape index (κ2) is 37.9. The molecule has 0 radical (unpaired) electrons. The van der Waals surface area contributed by atoms with Gasteiger partial charge in [0.1, 0.15) is 12.6 Å². The summed E-state index contributed by atoms with van der Waals surface area (Å²) >= 11 is 0. The largest absolute Gasteiger partial charge is 0.480 e. The van der Waals surface area contributed by atoms with Gasteiger partial charge in [-0.25, -0.2) is 4.57 Å². The maximum absolute atomic E-state index is 12.6. The summed E-state index contributed by atoms with van der Waals surface area (Å²) in [5, 5.41) is 8.88. The predicted molar refractivity (Wildman–Crippen MR) is 217 cm³/mol. The van der Waals surface area contributed by atoms with Gasteiger partial charge < -0.3 is 25.2 Å². The first-order valence-electron chi connectivity index (χ1n) is 21.4. The fourth-order valence-electron chi connectivity index (χ4n) is 5.76. The average molecular weight is 788 g/mol. The van der Waals surface area contributed by atoms with Crippen molar-refractivity contribution in [1.82, 2.24) is 0 Å². The summed E-state index contributed by atoms with van der Waals surface area (Å²) in [7, 11) is -4.71. The number of carbonyl (C=O) groups excluding carboxylic acids is 2. The topological polar surface area (TPSA) is 172 Å². The SMILES string of the molecule is CCCCCC/C=C/CCCCCCCCCCCC(=O)OC[C@H](COP(=O)(O)OC[C@H](N)C(=O)O)OC(=O)CCCCC/C=C/CCCCCCCC. The van der Waals surface area contributed by atoms with E-state index in [0.717, 1.165) is 44.9 Å². The van der Waals surface area contributed by atoms with E-state index in [4.69, 9.17) is 24.8 Å². The van der Waals surface area contributed by atoms with Crippen molar-refractivity contribution in [3.05, 3.63) is 24.3 Å². The zero-order chi connectivity index (χ0) is 40.0. The molecule has 0 rings (SSSR count). The molecule has 0 amide bonds. The summed E-state index contributed by atoms with van der Waals surface area (Å²) in [6.07, 6.45) is 38.1. The summed E-state index contributed by atoms with van der Waals surface area (Å²) in [5.74, 6) is -2.40. The predicted octanol–water partition coefficient (Wildman–Crippen LogP) is 11.1. The first-order chi connectivity index (χ1) is 26.1. The lowest BCUT2D eigenvalue weighted by Gasteiger charge is -2.20. The molecule has 0 aliphatic carbocycles. The third kappa shape index (κ3) is 36.9. The van der Waals surface area contributed by atoms with Crippen LogP contribution in [0.4, 0.5) is 0 Å². The lowest BCUT2D eigenvalue weighted by molar-refractivity contribution is -0.161. The van der Waals surface area contributed by atoms with Gasteiger partial charge in [0, 0.05) is 12.8 Å². The van der Waals surface area contributed by atoms with E-state index in [1.165, 1.54) is 109 Å². The van der Waals surface area contributed by atoms with Gasteiger partial charge >= 0.3 is 25.7 Å². The minimum atomic E-state index is -4.71. The van der Waals surface area contributed by atoms with Crippen molar-refractivity contribution in [2.24, 2.45) is 5.73 Å². The van der Waals surface area contributed by atoms with Gasteiger partial charge in [-0.1, -0.05) is 141 Å². The van der Waals surface area contributed by atoms with Crippen LogP contribution < -0.4 is 5.73 Å². The van der Waals surface area contributed by atoms with E-state index in [1.807, 2.05) is 0 Å². The van der Waals surface area contributed by atoms with Crippen molar-refractivity contribution in [3.8, 4) is 0 Å². The summed E-state index contributed by atoms with van der Waals surface area (Å²) in [4.78, 5) is 45.9. The Morgan fingerprint density at radius 3 is 1.39 bits per heavy atom. The Kier molecular flexibility index (Phi) is 36.4. The van der Waals surface area contributed by atoms with E-state index < -0.39 is 51.1 Å². The third-order valence-electron chi connectivity index (χ3n) is 9.17. The third-order valence-corrected chi connectivity index (χ3v) is 10.1. The number of rotatable bonds is 40. The Balaban J connectivity index is 4.36. The molecule has 0 spiro atoms. The monoisotopic (exact) mass is 788 g/mol. The molecule has 0 saturated carbocycles. The minimum absolute atomic E-state index is 0.142. The molecule has 0 bridgehead atoms. The summed E-state index contributed by atoms with van der Waals surface area (Å²) < 4.78 is 32.6. The summed E-state index contributed by atoms with van der Waals surface area (Å²) in [6.45, 7) is 2.77. The molecular weight excluding hydrogens is 709 g/mol. The minimum Gasteiger partial charge on any atom is -0.480 e. The number of hydrogen-bond acceptors (Lipinski definition) is 9. The molecule has 0 aromatic carbocycles. The van der Waals surface area contributed by atoms with Gasteiger partial charge in [0.2, 0.25) is 0 Å². The van der Waals surface area contributed by atoms with Gasteiger partial charge in [0.25, 0.3) is 0 Å².